The summed E-state index contributed by atoms with van der Waals surface area (Å²) in [6.45, 7) is 6.88. The Kier molecular flexibility index (Phi) is 5.27. The van der Waals surface area contributed by atoms with Gasteiger partial charge in [-0.3, -0.25) is 14.2 Å². The van der Waals surface area contributed by atoms with Crippen LogP contribution in [-0.4, -0.2) is 25.5 Å². The molecule has 2 aromatic heterocycles. The first-order valence-corrected chi connectivity index (χ1v) is 7.84. The molecule has 1 amide bonds. The molecule has 2 heterocycles. The molecule has 1 N–H and O–H groups in total. The van der Waals surface area contributed by atoms with E-state index in [1.54, 1.807) is 24.7 Å². The van der Waals surface area contributed by atoms with Crippen LogP contribution < -0.4 is 5.32 Å². The maximum absolute atomic E-state index is 12.9. The number of rotatable bonds is 5. The lowest BCUT2D eigenvalue weighted by Crippen LogP contribution is -2.34. The Balaban J connectivity index is 2.18. The minimum absolute atomic E-state index is 0.110. The lowest BCUT2D eigenvalue weighted by molar-refractivity contribution is -0.124. The molecule has 0 aliphatic heterocycles. The molecule has 24 heavy (non-hydrogen) atoms. The van der Waals surface area contributed by atoms with Crippen molar-refractivity contribution in [3.05, 3.63) is 33.9 Å². The van der Waals surface area contributed by atoms with Crippen LogP contribution >= 0.6 is 11.6 Å². The molecule has 0 aliphatic carbocycles. The third kappa shape index (κ3) is 3.28. The fraction of sp³-hybridized carbons (Fsp3) is 0.533. The molecular weight excluding hydrogens is 340 g/mol. The van der Waals surface area contributed by atoms with E-state index in [0.29, 0.717) is 5.69 Å². The summed E-state index contributed by atoms with van der Waals surface area (Å²) >= 11 is 5.88. The largest absolute Gasteiger partial charge is 0.348 e. The molecule has 0 saturated carbocycles. The van der Waals surface area contributed by atoms with Crippen LogP contribution in [0.3, 0.4) is 0 Å². The van der Waals surface area contributed by atoms with Crippen molar-refractivity contribution in [3.8, 4) is 0 Å². The number of carbonyl (C=O) groups is 1. The summed E-state index contributed by atoms with van der Waals surface area (Å²) in [7, 11) is 1.82. The minimum atomic E-state index is -2.79. The lowest BCUT2D eigenvalue weighted by Gasteiger charge is -2.19. The van der Waals surface area contributed by atoms with Gasteiger partial charge in [0.2, 0.25) is 5.91 Å². The quantitative estimate of drug-likeness (QED) is 0.891. The fourth-order valence-electron chi connectivity index (χ4n) is 2.50. The van der Waals surface area contributed by atoms with E-state index in [9.17, 15) is 13.6 Å². The van der Waals surface area contributed by atoms with Crippen molar-refractivity contribution < 1.29 is 13.6 Å². The third-order valence-electron chi connectivity index (χ3n) is 4.15. The first-order valence-electron chi connectivity index (χ1n) is 7.46. The summed E-state index contributed by atoms with van der Waals surface area (Å²) in [6, 6.07) is -1.04. The normalized spacial score (nSPS) is 14.0. The van der Waals surface area contributed by atoms with Gasteiger partial charge in [-0.2, -0.15) is 10.2 Å². The number of carbonyl (C=O) groups excluding carboxylic acids is 1. The van der Waals surface area contributed by atoms with E-state index >= 15 is 0 Å². The van der Waals surface area contributed by atoms with E-state index in [4.69, 9.17) is 11.6 Å². The van der Waals surface area contributed by atoms with Gasteiger partial charge in [-0.1, -0.05) is 11.6 Å². The van der Waals surface area contributed by atoms with Gasteiger partial charge in [0.15, 0.2) is 0 Å². The summed E-state index contributed by atoms with van der Waals surface area (Å²) in [5, 5.41) is 10.7. The van der Waals surface area contributed by atoms with Crippen molar-refractivity contribution in [2.24, 2.45) is 7.05 Å². The van der Waals surface area contributed by atoms with E-state index < -0.39 is 18.2 Å². The lowest BCUT2D eigenvalue weighted by atomic mass is 10.1. The molecule has 2 aromatic rings. The first kappa shape index (κ1) is 18.4. The maximum atomic E-state index is 12.9. The SMILES string of the molecule is Cc1c([C@H](C)NC(=O)[C@H](C)n2nc(C(F)F)c(Cl)c2C)cnn1C. The summed E-state index contributed by atoms with van der Waals surface area (Å²) in [5.41, 5.74) is 1.65. The number of nitrogens with one attached hydrogen (secondary N) is 1. The number of alkyl halides is 2. The maximum Gasteiger partial charge on any atom is 0.283 e. The summed E-state index contributed by atoms with van der Waals surface area (Å²) in [4.78, 5) is 12.5. The van der Waals surface area contributed by atoms with Crippen LogP contribution in [0, 0.1) is 13.8 Å². The zero-order valence-electron chi connectivity index (χ0n) is 14.1. The van der Waals surface area contributed by atoms with Crippen molar-refractivity contribution in [1.29, 1.82) is 0 Å². The molecule has 0 aromatic carbocycles. The molecule has 0 radical (unpaired) electrons. The first-order chi connectivity index (χ1) is 11.1. The highest BCUT2D eigenvalue weighted by Gasteiger charge is 2.26. The average Bonchev–Trinajstić information content (AvgIpc) is 3.00. The third-order valence-corrected chi connectivity index (χ3v) is 4.62. The number of amides is 1. The van der Waals surface area contributed by atoms with Crippen molar-refractivity contribution >= 4 is 17.5 Å². The molecule has 2 rings (SSSR count). The Bertz CT molecular complexity index is 755. The molecule has 0 fully saturated rings. The summed E-state index contributed by atoms with van der Waals surface area (Å²) in [5.74, 6) is -0.339. The van der Waals surface area contributed by atoms with Crippen LogP contribution in [0.15, 0.2) is 6.20 Å². The van der Waals surface area contributed by atoms with Crippen LogP contribution in [0.25, 0.3) is 0 Å². The Labute approximate surface area is 143 Å². The number of hydrogen-bond donors (Lipinski definition) is 1. The molecule has 0 aliphatic rings. The molecule has 0 bridgehead atoms. The highest BCUT2D eigenvalue weighted by molar-refractivity contribution is 6.31. The van der Waals surface area contributed by atoms with Crippen LogP contribution in [0.1, 0.15) is 55.0 Å². The zero-order chi connectivity index (χ0) is 18.2. The van der Waals surface area contributed by atoms with Gasteiger partial charge < -0.3 is 5.32 Å². The Morgan fingerprint density at radius 3 is 2.38 bits per heavy atom. The van der Waals surface area contributed by atoms with Gasteiger partial charge in [0.1, 0.15) is 11.7 Å². The smallest absolute Gasteiger partial charge is 0.283 e. The fourth-order valence-corrected chi connectivity index (χ4v) is 2.71. The molecule has 6 nitrogen and oxygen atoms in total. The van der Waals surface area contributed by atoms with E-state index in [2.05, 4.69) is 15.5 Å². The second kappa shape index (κ2) is 6.88. The minimum Gasteiger partial charge on any atom is -0.348 e. The van der Waals surface area contributed by atoms with E-state index in [-0.39, 0.29) is 17.0 Å². The highest BCUT2D eigenvalue weighted by Crippen LogP contribution is 2.30. The zero-order valence-corrected chi connectivity index (χ0v) is 14.9. The number of aromatic nitrogens is 4. The standard InChI is InChI=1S/C15H20ClF2N5O/c1-7(11-6-19-22(5)8(11)2)20-15(24)10(4)23-9(3)12(16)13(21-23)14(17)18/h6-7,10,14H,1-5H3,(H,20,24)/t7-,10-/m0/s1. The van der Waals surface area contributed by atoms with Crippen LogP contribution in [0.5, 0.6) is 0 Å². The van der Waals surface area contributed by atoms with Gasteiger partial charge in [-0.25, -0.2) is 8.78 Å². The number of halogens is 3. The molecule has 0 spiro atoms. The van der Waals surface area contributed by atoms with Crippen molar-refractivity contribution in [2.75, 3.05) is 0 Å². The summed E-state index contributed by atoms with van der Waals surface area (Å²) in [6.07, 6.45) is -1.10. The molecule has 0 unspecified atom stereocenters. The van der Waals surface area contributed by atoms with Gasteiger partial charge >= 0.3 is 0 Å². The predicted molar refractivity (Wildman–Crippen MR) is 86.1 cm³/mol. The van der Waals surface area contributed by atoms with Gasteiger partial charge in [-0.05, 0) is 27.7 Å². The second-order valence-corrected chi connectivity index (χ2v) is 6.12. The van der Waals surface area contributed by atoms with E-state index in [1.807, 2.05) is 20.9 Å². The van der Waals surface area contributed by atoms with Crippen molar-refractivity contribution in [1.82, 2.24) is 24.9 Å². The van der Waals surface area contributed by atoms with Crippen molar-refractivity contribution in [2.45, 2.75) is 46.2 Å². The molecule has 0 saturated heterocycles. The topological polar surface area (TPSA) is 64.7 Å². The molecule has 9 heteroatoms. The van der Waals surface area contributed by atoms with Gasteiger partial charge in [0.05, 0.1) is 23.0 Å². The average molecular weight is 360 g/mol. The van der Waals surface area contributed by atoms with Crippen LogP contribution in [0.4, 0.5) is 8.78 Å². The second-order valence-electron chi connectivity index (χ2n) is 5.75. The molecule has 2 atom stereocenters. The van der Waals surface area contributed by atoms with Gasteiger partial charge in [0, 0.05) is 18.3 Å². The van der Waals surface area contributed by atoms with Gasteiger partial charge in [0.25, 0.3) is 6.43 Å². The van der Waals surface area contributed by atoms with E-state index in [0.717, 1.165) is 11.3 Å². The molecular formula is C15H20ClF2N5O. The van der Waals surface area contributed by atoms with Crippen LogP contribution in [-0.2, 0) is 11.8 Å². The monoisotopic (exact) mass is 359 g/mol. The Morgan fingerprint density at radius 2 is 1.92 bits per heavy atom. The van der Waals surface area contributed by atoms with Crippen LogP contribution in [0.2, 0.25) is 5.02 Å². The Morgan fingerprint density at radius 1 is 1.29 bits per heavy atom. The van der Waals surface area contributed by atoms with Crippen molar-refractivity contribution in [3.63, 3.8) is 0 Å². The molecule has 132 valence electrons. The van der Waals surface area contributed by atoms with Gasteiger partial charge in [-0.15, -0.1) is 0 Å². The highest BCUT2D eigenvalue weighted by atomic mass is 35.5. The Hall–Kier alpha value is -1.96. The predicted octanol–water partition coefficient (Wildman–Crippen LogP) is 3.26. The number of nitrogens with zero attached hydrogens (tertiary/aromatic N) is 4. The number of aryl methyl sites for hydroxylation is 1. The van der Waals surface area contributed by atoms with E-state index in [1.165, 1.54) is 4.68 Å². The number of hydrogen-bond acceptors (Lipinski definition) is 3. The summed E-state index contributed by atoms with van der Waals surface area (Å²) < 4.78 is 28.7.